The molecule has 2 N–H and O–H groups in total. The van der Waals surface area contributed by atoms with Gasteiger partial charge < -0.3 is 10.6 Å². The van der Waals surface area contributed by atoms with Crippen molar-refractivity contribution in [1.82, 2.24) is 10.6 Å². The second-order valence-electron chi connectivity index (χ2n) is 3.77. The van der Waals surface area contributed by atoms with Crippen LogP contribution in [0.3, 0.4) is 0 Å². The zero-order valence-electron chi connectivity index (χ0n) is 8.39. The van der Waals surface area contributed by atoms with E-state index in [9.17, 15) is 0 Å². The molecule has 0 aromatic heterocycles. The van der Waals surface area contributed by atoms with Gasteiger partial charge in [0.2, 0.25) is 0 Å². The zero-order valence-corrected chi connectivity index (χ0v) is 9.91. The second-order valence-corrected chi connectivity index (χ2v) is 4.56. The van der Waals surface area contributed by atoms with Gasteiger partial charge in [0.25, 0.3) is 0 Å². The molecule has 1 fully saturated rings. The van der Waals surface area contributed by atoms with Gasteiger partial charge in [0, 0.05) is 25.7 Å². The summed E-state index contributed by atoms with van der Waals surface area (Å²) in [7, 11) is 0. The van der Waals surface area contributed by atoms with Crippen molar-refractivity contribution in [3.05, 3.63) is 33.8 Å². The first-order valence-corrected chi connectivity index (χ1v) is 5.90. The highest BCUT2D eigenvalue weighted by Gasteiger charge is 2.14. The summed E-state index contributed by atoms with van der Waals surface area (Å²) in [5, 5.41) is 8.12. The van der Waals surface area contributed by atoms with Crippen LogP contribution in [0.5, 0.6) is 0 Å². The maximum absolute atomic E-state index is 6.13. The Balaban J connectivity index is 2.06. The highest BCUT2D eigenvalue weighted by molar-refractivity contribution is 6.42. The van der Waals surface area contributed by atoms with E-state index in [4.69, 9.17) is 23.2 Å². The first-order chi connectivity index (χ1) is 7.27. The fourth-order valence-electron chi connectivity index (χ4n) is 1.83. The Bertz CT molecular complexity index is 335. The summed E-state index contributed by atoms with van der Waals surface area (Å²) in [5.74, 6) is 0. The van der Waals surface area contributed by atoms with Gasteiger partial charge in [-0.25, -0.2) is 0 Å². The Morgan fingerprint density at radius 3 is 2.87 bits per heavy atom. The lowest BCUT2D eigenvalue weighted by Gasteiger charge is -2.24. The van der Waals surface area contributed by atoms with Gasteiger partial charge in [-0.2, -0.15) is 0 Å². The average molecular weight is 245 g/mol. The molecule has 1 aliphatic rings. The molecule has 2 nitrogen and oxygen atoms in total. The van der Waals surface area contributed by atoms with Crippen molar-refractivity contribution in [2.45, 2.75) is 12.5 Å². The lowest BCUT2D eigenvalue weighted by Crippen LogP contribution is -2.49. The van der Waals surface area contributed by atoms with Crippen LogP contribution in [0.15, 0.2) is 18.2 Å². The zero-order chi connectivity index (χ0) is 10.7. The van der Waals surface area contributed by atoms with Gasteiger partial charge >= 0.3 is 0 Å². The van der Waals surface area contributed by atoms with E-state index in [1.54, 1.807) is 0 Å². The molecule has 1 atom stereocenters. The van der Waals surface area contributed by atoms with E-state index >= 15 is 0 Å². The fourth-order valence-corrected chi connectivity index (χ4v) is 2.23. The van der Waals surface area contributed by atoms with Gasteiger partial charge in [0.15, 0.2) is 0 Å². The van der Waals surface area contributed by atoms with Crippen molar-refractivity contribution >= 4 is 23.2 Å². The Hall–Kier alpha value is -0.280. The maximum Gasteiger partial charge on any atom is 0.0624 e. The number of piperazine rings is 1. The number of benzene rings is 1. The van der Waals surface area contributed by atoms with Crippen molar-refractivity contribution in [2.75, 3.05) is 19.6 Å². The van der Waals surface area contributed by atoms with Gasteiger partial charge in [-0.05, 0) is 18.1 Å². The number of hydrogen-bond acceptors (Lipinski definition) is 2. The number of hydrogen-bond donors (Lipinski definition) is 2. The van der Waals surface area contributed by atoms with Crippen LogP contribution < -0.4 is 10.6 Å². The monoisotopic (exact) mass is 244 g/mol. The van der Waals surface area contributed by atoms with E-state index in [1.807, 2.05) is 18.2 Å². The summed E-state index contributed by atoms with van der Waals surface area (Å²) in [6, 6.07) is 6.25. The number of halogens is 2. The van der Waals surface area contributed by atoms with Crippen molar-refractivity contribution in [2.24, 2.45) is 0 Å². The molecule has 0 aliphatic carbocycles. The SMILES string of the molecule is Clc1cccc(C[C@@H]2CNCCN2)c1Cl. The van der Waals surface area contributed by atoms with Crippen LogP contribution in [0.2, 0.25) is 10.0 Å². The Morgan fingerprint density at radius 1 is 1.27 bits per heavy atom. The third-order valence-electron chi connectivity index (χ3n) is 2.62. The lowest BCUT2D eigenvalue weighted by atomic mass is 10.0. The molecule has 0 unspecified atom stereocenters. The molecule has 0 radical (unpaired) electrons. The summed E-state index contributed by atoms with van der Waals surface area (Å²) in [4.78, 5) is 0. The molecule has 4 heteroatoms. The maximum atomic E-state index is 6.13. The molecule has 0 bridgehead atoms. The largest absolute Gasteiger partial charge is 0.314 e. The minimum Gasteiger partial charge on any atom is -0.314 e. The van der Waals surface area contributed by atoms with Crippen molar-refractivity contribution in [3.8, 4) is 0 Å². The summed E-state index contributed by atoms with van der Waals surface area (Å²) in [5.41, 5.74) is 1.12. The smallest absolute Gasteiger partial charge is 0.0624 e. The van der Waals surface area contributed by atoms with Gasteiger partial charge in [-0.15, -0.1) is 0 Å². The third kappa shape index (κ3) is 2.85. The van der Waals surface area contributed by atoms with Gasteiger partial charge in [-0.3, -0.25) is 0 Å². The molecule has 0 saturated carbocycles. The van der Waals surface area contributed by atoms with Crippen LogP contribution in [0.4, 0.5) is 0 Å². The van der Waals surface area contributed by atoms with E-state index < -0.39 is 0 Å². The summed E-state index contributed by atoms with van der Waals surface area (Å²) in [6.45, 7) is 3.05. The molecular weight excluding hydrogens is 231 g/mol. The predicted molar refractivity (Wildman–Crippen MR) is 64.8 cm³/mol. The lowest BCUT2D eigenvalue weighted by molar-refractivity contribution is 0.417. The second kappa shape index (κ2) is 5.17. The van der Waals surface area contributed by atoms with Crippen molar-refractivity contribution in [1.29, 1.82) is 0 Å². The summed E-state index contributed by atoms with van der Waals surface area (Å²) >= 11 is 12.1. The van der Waals surface area contributed by atoms with Crippen LogP contribution in [0.25, 0.3) is 0 Å². The fraction of sp³-hybridized carbons (Fsp3) is 0.455. The van der Waals surface area contributed by atoms with Crippen LogP contribution in [0.1, 0.15) is 5.56 Å². The molecule has 15 heavy (non-hydrogen) atoms. The minimum atomic E-state index is 0.453. The molecule has 1 saturated heterocycles. The molecule has 2 rings (SSSR count). The Kier molecular flexibility index (Phi) is 3.87. The minimum absolute atomic E-state index is 0.453. The number of rotatable bonds is 2. The van der Waals surface area contributed by atoms with E-state index in [0.717, 1.165) is 31.6 Å². The molecular formula is C11H14Cl2N2. The molecule has 0 spiro atoms. The van der Waals surface area contributed by atoms with Crippen LogP contribution >= 0.6 is 23.2 Å². The molecule has 1 aromatic carbocycles. The summed E-state index contributed by atoms with van der Waals surface area (Å²) < 4.78 is 0. The first kappa shape index (κ1) is 11.2. The Labute approximate surface area is 100.0 Å². The van der Waals surface area contributed by atoms with E-state index in [0.29, 0.717) is 16.1 Å². The van der Waals surface area contributed by atoms with Crippen LogP contribution in [0, 0.1) is 0 Å². The highest BCUT2D eigenvalue weighted by Crippen LogP contribution is 2.26. The molecule has 1 aliphatic heterocycles. The average Bonchev–Trinajstić information content (AvgIpc) is 2.26. The number of nitrogens with one attached hydrogen (secondary N) is 2. The van der Waals surface area contributed by atoms with Crippen molar-refractivity contribution in [3.63, 3.8) is 0 Å². The normalized spacial score (nSPS) is 21.6. The van der Waals surface area contributed by atoms with E-state index in [2.05, 4.69) is 10.6 Å². The summed E-state index contributed by atoms with van der Waals surface area (Å²) in [6.07, 6.45) is 0.923. The van der Waals surface area contributed by atoms with Crippen molar-refractivity contribution < 1.29 is 0 Å². The van der Waals surface area contributed by atoms with Gasteiger partial charge in [0.05, 0.1) is 10.0 Å². The molecule has 0 amide bonds. The third-order valence-corrected chi connectivity index (χ3v) is 3.48. The standard InChI is InChI=1S/C11H14Cl2N2/c12-10-3-1-2-8(11(10)13)6-9-7-14-4-5-15-9/h1-3,9,14-15H,4-7H2/t9-/m1/s1. The van der Waals surface area contributed by atoms with Gasteiger partial charge in [-0.1, -0.05) is 35.3 Å². The Morgan fingerprint density at radius 2 is 2.13 bits per heavy atom. The van der Waals surface area contributed by atoms with Crippen LogP contribution in [-0.2, 0) is 6.42 Å². The molecule has 1 aromatic rings. The van der Waals surface area contributed by atoms with Crippen LogP contribution in [-0.4, -0.2) is 25.7 Å². The molecule has 82 valence electrons. The van der Waals surface area contributed by atoms with Gasteiger partial charge in [0.1, 0.15) is 0 Å². The highest BCUT2D eigenvalue weighted by atomic mass is 35.5. The molecule has 1 heterocycles. The van der Waals surface area contributed by atoms with E-state index in [1.165, 1.54) is 0 Å². The quantitative estimate of drug-likeness (QED) is 0.833. The first-order valence-electron chi connectivity index (χ1n) is 5.14. The van der Waals surface area contributed by atoms with E-state index in [-0.39, 0.29) is 0 Å². The predicted octanol–water partition coefficient (Wildman–Crippen LogP) is 2.10. The topological polar surface area (TPSA) is 24.1 Å².